The molecule has 0 amide bonds. The number of hydrogen-bond acceptors (Lipinski definition) is 3. The molecule has 4 nitrogen and oxygen atoms in total. The number of benzene rings is 1. The Kier molecular flexibility index (Phi) is 3.97. The molecule has 96 valence electrons. The summed E-state index contributed by atoms with van der Waals surface area (Å²) in [6.45, 7) is 15.9. The largest absolute Gasteiger partial charge is 0.514 e. The number of carbonyl (C=O) groups excluding carboxylic acids is 1. The highest BCUT2D eigenvalue weighted by atomic mass is 16.7. The summed E-state index contributed by atoms with van der Waals surface area (Å²) >= 11 is 0. The predicted molar refractivity (Wildman–Crippen MR) is 69.0 cm³/mol. The molecule has 1 aromatic rings. The van der Waals surface area contributed by atoms with Crippen molar-refractivity contribution in [1.82, 2.24) is 0 Å². The van der Waals surface area contributed by atoms with Crippen LogP contribution < -0.4 is 4.74 Å². The van der Waals surface area contributed by atoms with E-state index in [1.807, 2.05) is 0 Å². The molecule has 4 heteroatoms. The SMILES string of the molecule is [C-]#[N+]c1cc(C)c(OC(=O)OC(C)(C)C)c(C)c1. The molecular formula is C14H17NO3. The van der Waals surface area contributed by atoms with Gasteiger partial charge in [0.15, 0.2) is 5.69 Å². The molecule has 0 spiro atoms. The average Bonchev–Trinajstić information content (AvgIpc) is 2.20. The molecule has 0 aliphatic heterocycles. The van der Waals surface area contributed by atoms with Crippen molar-refractivity contribution in [3.63, 3.8) is 0 Å². The fourth-order valence-electron chi connectivity index (χ4n) is 1.51. The highest BCUT2D eigenvalue weighted by Crippen LogP contribution is 2.29. The van der Waals surface area contributed by atoms with Crippen molar-refractivity contribution in [2.24, 2.45) is 0 Å². The van der Waals surface area contributed by atoms with Gasteiger partial charge in [-0.1, -0.05) is 0 Å². The van der Waals surface area contributed by atoms with Gasteiger partial charge in [0.05, 0.1) is 6.57 Å². The van der Waals surface area contributed by atoms with Gasteiger partial charge in [0.2, 0.25) is 0 Å². The highest BCUT2D eigenvalue weighted by molar-refractivity contribution is 5.67. The third kappa shape index (κ3) is 3.77. The van der Waals surface area contributed by atoms with E-state index in [2.05, 4.69) is 4.85 Å². The third-order valence-electron chi connectivity index (χ3n) is 2.15. The zero-order chi connectivity index (χ0) is 13.9. The Hall–Kier alpha value is -2.02. The Balaban J connectivity index is 2.93. The molecule has 1 aromatic carbocycles. The van der Waals surface area contributed by atoms with E-state index in [0.29, 0.717) is 11.4 Å². The van der Waals surface area contributed by atoms with E-state index in [4.69, 9.17) is 16.0 Å². The maximum atomic E-state index is 11.6. The second kappa shape index (κ2) is 5.09. The minimum Gasteiger partial charge on any atom is -0.428 e. The molecule has 0 N–H and O–H groups in total. The summed E-state index contributed by atoms with van der Waals surface area (Å²) in [6.07, 6.45) is -0.732. The fourth-order valence-corrected chi connectivity index (χ4v) is 1.51. The first kappa shape index (κ1) is 14.0. The van der Waals surface area contributed by atoms with Crippen LogP contribution in [0.5, 0.6) is 5.75 Å². The zero-order valence-electron chi connectivity index (χ0n) is 11.3. The topological polar surface area (TPSA) is 39.9 Å². The molecule has 0 bridgehead atoms. The number of aryl methyl sites for hydroxylation is 2. The number of carbonyl (C=O) groups is 1. The number of nitrogens with zero attached hydrogens (tertiary/aromatic N) is 1. The summed E-state index contributed by atoms with van der Waals surface area (Å²) in [5.41, 5.74) is 1.43. The first-order valence-electron chi connectivity index (χ1n) is 5.62. The molecule has 0 saturated heterocycles. The van der Waals surface area contributed by atoms with Crippen LogP contribution in [0.3, 0.4) is 0 Å². The normalized spacial score (nSPS) is 10.7. The van der Waals surface area contributed by atoms with Crippen LogP contribution in [0.4, 0.5) is 10.5 Å². The average molecular weight is 247 g/mol. The summed E-state index contributed by atoms with van der Waals surface area (Å²) < 4.78 is 10.3. The van der Waals surface area contributed by atoms with Gasteiger partial charge in [0.25, 0.3) is 0 Å². The number of rotatable bonds is 1. The van der Waals surface area contributed by atoms with Crippen LogP contribution in [0, 0.1) is 20.4 Å². The third-order valence-corrected chi connectivity index (χ3v) is 2.15. The summed E-state index contributed by atoms with van der Waals surface area (Å²) in [5.74, 6) is 0.455. The lowest BCUT2D eigenvalue weighted by atomic mass is 10.1. The molecule has 0 atom stereocenters. The Labute approximate surface area is 107 Å². The Bertz CT molecular complexity index is 484. The van der Waals surface area contributed by atoms with E-state index in [9.17, 15) is 4.79 Å². The van der Waals surface area contributed by atoms with E-state index in [1.54, 1.807) is 46.8 Å². The van der Waals surface area contributed by atoms with Crippen molar-refractivity contribution < 1.29 is 14.3 Å². The molecule has 0 aliphatic carbocycles. The van der Waals surface area contributed by atoms with Gasteiger partial charge in [-0.25, -0.2) is 9.64 Å². The monoisotopic (exact) mass is 247 g/mol. The molecule has 0 heterocycles. The highest BCUT2D eigenvalue weighted by Gasteiger charge is 2.19. The lowest BCUT2D eigenvalue weighted by Gasteiger charge is -2.19. The molecule has 0 aliphatic rings. The molecule has 1 rings (SSSR count). The second-order valence-electron chi connectivity index (χ2n) is 5.09. The van der Waals surface area contributed by atoms with Crippen molar-refractivity contribution in [3.05, 3.63) is 34.7 Å². The van der Waals surface area contributed by atoms with Crippen molar-refractivity contribution in [2.45, 2.75) is 40.2 Å². The van der Waals surface area contributed by atoms with Crippen LogP contribution in [0.2, 0.25) is 0 Å². The van der Waals surface area contributed by atoms with Gasteiger partial charge in [-0.05, 0) is 57.9 Å². The summed E-state index contributed by atoms with van der Waals surface area (Å²) in [5, 5.41) is 0. The van der Waals surface area contributed by atoms with E-state index in [1.165, 1.54) is 0 Å². The van der Waals surface area contributed by atoms with Gasteiger partial charge in [0.1, 0.15) is 11.4 Å². The summed E-state index contributed by atoms with van der Waals surface area (Å²) in [4.78, 5) is 14.9. The molecule has 0 fully saturated rings. The van der Waals surface area contributed by atoms with Crippen molar-refractivity contribution in [1.29, 1.82) is 0 Å². The van der Waals surface area contributed by atoms with E-state index < -0.39 is 11.8 Å². The lowest BCUT2D eigenvalue weighted by molar-refractivity contribution is 0.0203. The minimum absolute atomic E-state index is 0.455. The van der Waals surface area contributed by atoms with Crippen molar-refractivity contribution >= 4 is 11.8 Å². The van der Waals surface area contributed by atoms with Crippen LogP contribution in [0.1, 0.15) is 31.9 Å². The molecule has 0 saturated carbocycles. The molecule has 18 heavy (non-hydrogen) atoms. The molecule has 0 aromatic heterocycles. The lowest BCUT2D eigenvalue weighted by Crippen LogP contribution is -2.26. The van der Waals surface area contributed by atoms with Crippen LogP contribution in [-0.4, -0.2) is 11.8 Å². The smallest absolute Gasteiger partial charge is 0.428 e. The van der Waals surface area contributed by atoms with Crippen molar-refractivity contribution in [2.75, 3.05) is 0 Å². The van der Waals surface area contributed by atoms with Crippen molar-refractivity contribution in [3.8, 4) is 5.75 Å². The Morgan fingerprint density at radius 2 is 1.72 bits per heavy atom. The summed E-state index contributed by atoms with van der Waals surface area (Å²) in [6, 6.07) is 3.36. The van der Waals surface area contributed by atoms with Crippen LogP contribution >= 0.6 is 0 Å². The maximum absolute atomic E-state index is 11.6. The number of hydrogen-bond donors (Lipinski definition) is 0. The molecule has 0 radical (unpaired) electrons. The quantitative estimate of drug-likeness (QED) is 0.425. The first-order chi connectivity index (χ1) is 8.23. The maximum Gasteiger partial charge on any atom is 0.514 e. The van der Waals surface area contributed by atoms with Gasteiger partial charge in [-0.3, -0.25) is 0 Å². The van der Waals surface area contributed by atoms with Crippen LogP contribution in [-0.2, 0) is 4.74 Å². The fraction of sp³-hybridized carbons (Fsp3) is 0.429. The standard InChI is InChI=1S/C14H17NO3/c1-9-7-11(15-6)8-10(2)12(9)17-13(16)18-14(3,4)5/h7-8H,1-5H3. The van der Waals surface area contributed by atoms with E-state index in [0.717, 1.165) is 11.1 Å². The zero-order valence-corrected chi connectivity index (χ0v) is 11.3. The first-order valence-corrected chi connectivity index (χ1v) is 5.62. The van der Waals surface area contributed by atoms with Crippen LogP contribution in [0.25, 0.3) is 4.85 Å². The second-order valence-corrected chi connectivity index (χ2v) is 5.09. The van der Waals surface area contributed by atoms with Gasteiger partial charge in [-0.2, -0.15) is 0 Å². The molecule has 0 unspecified atom stereocenters. The van der Waals surface area contributed by atoms with E-state index in [-0.39, 0.29) is 0 Å². The van der Waals surface area contributed by atoms with Gasteiger partial charge in [0, 0.05) is 0 Å². The van der Waals surface area contributed by atoms with Crippen LogP contribution in [0.15, 0.2) is 12.1 Å². The Morgan fingerprint density at radius 3 is 2.11 bits per heavy atom. The van der Waals surface area contributed by atoms with Gasteiger partial charge >= 0.3 is 6.16 Å². The Morgan fingerprint density at radius 1 is 1.22 bits per heavy atom. The molecular weight excluding hydrogens is 230 g/mol. The predicted octanol–water partition coefficient (Wildman–Crippen LogP) is 4.17. The minimum atomic E-state index is -0.732. The summed E-state index contributed by atoms with van der Waals surface area (Å²) in [7, 11) is 0. The van der Waals surface area contributed by atoms with Gasteiger partial charge in [-0.15, -0.1) is 0 Å². The van der Waals surface area contributed by atoms with Gasteiger partial charge < -0.3 is 9.47 Å². The number of ether oxygens (including phenoxy) is 2. The van der Waals surface area contributed by atoms with E-state index >= 15 is 0 Å².